The lowest BCUT2D eigenvalue weighted by Crippen LogP contribution is -2.51. The molecule has 0 aromatic carbocycles. The Morgan fingerprint density at radius 2 is 1.93 bits per heavy atom. The number of Topliss-reactive ketones (excluding diaryl/α,β-unsaturated/α-hetero) is 1. The summed E-state index contributed by atoms with van der Waals surface area (Å²) in [6, 6.07) is 0. The van der Waals surface area contributed by atoms with Crippen molar-refractivity contribution in [2.75, 3.05) is 6.79 Å². The number of ketones is 1. The predicted octanol–water partition coefficient (Wildman–Crippen LogP) is 5.35. The van der Waals surface area contributed by atoms with Crippen molar-refractivity contribution in [3.05, 3.63) is 11.6 Å². The number of hydrogen-bond donors (Lipinski definition) is 2. The summed E-state index contributed by atoms with van der Waals surface area (Å²) in [6.07, 6.45) is 11.2. The number of rotatable bonds is 5. The van der Waals surface area contributed by atoms with Crippen LogP contribution in [0.5, 0.6) is 0 Å². The van der Waals surface area contributed by atoms with Crippen LogP contribution in [0.4, 0.5) is 0 Å². The fraction of sp³-hybridized carbons (Fsp3) is 0.826. The van der Waals surface area contributed by atoms with Crippen LogP contribution in [0.25, 0.3) is 0 Å². The Morgan fingerprint density at radius 1 is 1.17 bits per heavy atom. The molecule has 0 bridgehead atoms. The van der Waals surface area contributed by atoms with Crippen molar-refractivity contribution in [1.82, 2.24) is 0 Å². The molecular weight excluding hydrogens is 401 g/mol. The highest BCUT2D eigenvalue weighted by molar-refractivity contribution is 7.39. The summed E-state index contributed by atoms with van der Waals surface area (Å²) in [5, 5.41) is 4.14. The minimum Gasteiger partial charge on any atom is -0.366 e. The molecule has 6 atom stereocenters. The maximum absolute atomic E-state index is 12.3. The van der Waals surface area contributed by atoms with Gasteiger partial charge in [0.05, 0.1) is 5.71 Å². The predicted molar refractivity (Wildman–Crippen MR) is 118 cm³/mol. The van der Waals surface area contributed by atoms with Gasteiger partial charge < -0.3 is 14.6 Å². The molecule has 6 nitrogen and oxygen atoms in total. The van der Waals surface area contributed by atoms with Crippen molar-refractivity contribution >= 4 is 20.1 Å². The monoisotopic (exact) mass is 439 g/mol. The first-order valence-corrected chi connectivity index (χ1v) is 12.1. The van der Waals surface area contributed by atoms with Gasteiger partial charge in [0.15, 0.2) is 0 Å². The maximum atomic E-state index is 12.3. The second-order valence-electron chi connectivity index (χ2n) is 10.00. The van der Waals surface area contributed by atoms with E-state index in [4.69, 9.17) is 14.6 Å². The highest BCUT2D eigenvalue weighted by Gasteiger charge is 2.59. The lowest BCUT2D eigenvalue weighted by atomic mass is 9.46. The Balaban J connectivity index is 0.00000256. The Morgan fingerprint density at radius 3 is 2.63 bits per heavy atom. The molecule has 7 heteroatoms. The van der Waals surface area contributed by atoms with Crippen LogP contribution in [0.2, 0.25) is 0 Å². The summed E-state index contributed by atoms with van der Waals surface area (Å²) < 4.78 is 4.61. The second kappa shape index (κ2) is 8.97. The highest BCUT2D eigenvalue weighted by atomic mass is 31.2. The van der Waals surface area contributed by atoms with Crippen molar-refractivity contribution in [3.8, 4) is 0 Å². The van der Waals surface area contributed by atoms with E-state index in [0.717, 1.165) is 37.3 Å². The van der Waals surface area contributed by atoms with E-state index in [9.17, 15) is 4.79 Å². The molecule has 3 saturated carbocycles. The molecule has 4 rings (SSSR count). The smallest absolute Gasteiger partial charge is 0.330 e. The molecule has 2 N–H and O–H groups in total. The number of oxime groups is 1. The zero-order valence-corrected chi connectivity index (χ0v) is 18.7. The molecule has 0 amide bonds. The van der Waals surface area contributed by atoms with Crippen LogP contribution in [0.1, 0.15) is 79.6 Å². The van der Waals surface area contributed by atoms with Gasteiger partial charge in [-0.3, -0.25) is 9.32 Å². The number of hydrogen-bond acceptors (Lipinski definition) is 6. The van der Waals surface area contributed by atoms with E-state index in [0.29, 0.717) is 17.6 Å². The lowest BCUT2D eigenvalue weighted by Gasteiger charge is -2.58. The molecule has 0 heterocycles. The Hall–Kier alpha value is -0.810. The van der Waals surface area contributed by atoms with Gasteiger partial charge in [0.1, 0.15) is 5.78 Å². The molecule has 0 spiro atoms. The summed E-state index contributed by atoms with van der Waals surface area (Å²) in [5.74, 6) is 2.78. The summed E-state index contributed by atoms with van der Waals surface area (Å²) in [6.45, 7) is 6.40. The van der Waals surface area contributed by atoms with Crippen LogP contribution >= 0.6 is 8.60 Å². The molecule has 0 radical (unpaired) electrons. The number of nitrogens with zero attached hydrogens (tertiary/aromatic N) is 1. The standard InChI is InChI=1S/C22H34NO5P.CH4/c1-14(24)18-6-7-19-17-5-4-15-12-16(23-27-13-28-29(25)26)8-10-21(15,2)20(17)9-11-22(18,19)3;/h12,17-20,25-26H,4-11,13H2,1-3H3;1H4/b23-16+;. The van der Waals surface area contributed by atoms with Crippen LogP contribution in [0, 0.1) is 34.5 Å². The first-order valence-electron chi connectivity index (χ1n) is 11.0. The quantitative estimate of drug-likeness (QED) is 0.261. The lowest BCUT2D eigenvalue weighted by molar-refractivity contribution is -0.127. The summed E-state index contributed by atoms with van der Waals surface area (Å²) in [4.78, 5) is 34.9. The molecule has 4 aliphatic carbocycles. The summed E-state index contributed by atoms with van der Waals surface area (Å²) >= 11 is 0. The van der Waals surface area contributed by atoms with Gasteiger partial charge in [0, 0.05) is 5.92 Å². The number of carbonyl (C=O) groups is 1. The van der Waals surface area contributed by atoms with Gasteiger partial charge in [-0.2, -0.15) is 0 Å². The molecule has 0 aromatic rings. The topological polar surface area (TPSA) is 88.4 Å². The van der Waals surface area contributed by atoms with E-state index in [1.54, 1.807) is 6.92 Å². The van der Waals surface area contributed by atoms with Gasteiger partial charge in [0.25, 0.3) is 0 Å². The van der Waals surface area contributed by atoms with Gasteiger partial charge >= 0.3 is 8.60 Å². The molecule has 30 heavy (non-hydrogen) atoms. The fourth-order valence-corrected chi connectivity index (χ4v) is 7.63. The minimum atomic E-state index is -2.41. The first-order chi connectivity index (χ1) is 13.8. The molecule has 6 unspecified atom stereocenters. The van der Waals surface area contributed by atoms with Crippen molar-refractivity contribution in [2.24, 2.45) is 39.7 Å². The largest absolute Gasteiger partial charge is 0.366 e. The Bertz CT molecular complexity index is 722. The van der Waals surface area contributed by atoms with E-state index in [2.05, 4.69) is 29.6 Å². The van der Waals surface area contributed by atoms with Crippen molar-refractivity contribution in [1.29, 1.82) is 0 Å². The van der Waals surface area contributed by atoms with Crippen molar-refractivity contribution in [3.63, 3.8) is 0 Å². The van der Waals surface area contributed by atoms with Crippen molar-refractivity contribution < 1.29 is 23.9 Å². The average Bonchev–Trinajstić information content (AvgIpc) is 3.02. The zero-order chi connectivity index (χ0) is 20.8. The van der Waals surface area contributed by atoms with E-state index in [-0.39, 0.29) is 31.0 Å². The normalized spacial score (nSPS) is 41.4. The van der Waals surface area contributed by atoms with Crippen LogP contribution in [0.15, 0.2) is 16.8 Å². The van der Waals surface area contributed by atoms with E-state index >= 15 is 0 Å². The van der Waals surface area contributed by atoms with Gasteiger partial charge in [-0.25, -0.2) is 0 Å². The molecule has 0 aliphatic heterocycles. The van der Waals surface area contributed by atoms with Crippen LogP contribution < -0.4 is 0 Å². The van der Waals surface area contributed by atoms with Crippen LogP contribution in [-0.2, 0) is 14.2 Å². The average molecular weight is 440 g/mol. The molecular formula is C23H38NO5P. The third-order valence-corrected chi connectivity index (χ3v) is 9.21. The third kappa shape index (κ3) is 4.01. The molecule has 0 aromatic heterocycles. The fourth-order valence-electron chi connectivity index (χ4n) is 7.49. The molecule has 0 saturated heterocycles. The SMILES string of the molecule is C.CC(=O)C1CCC2C3CCC4=C/C(=N/OCOP(O)O)CCC4(C)C3CCC12C. The number of carbonyl (C=O) groups excluding carboxylic acids is 1. The van der Waals surface area contributed by atoms with Gasteiger partial charge in [-0.05, 0) is 93.0 Å². The third-order valence-electron chi connectivity index (χ3n) is 8.87. The second-order valence-corrected chi connectivity index (χ2v) is 10.8. The Labute approximate surface area is 182 Å². The first kappa shape index (κ1) is 23.8. The Kier molecular flexibility index (Phi) is 7.13. The zero-order valence-electron chi connectivity index (χ0n) is 17.8. The number of fused-ring (bicyclic) bond motifs is 5. The molecule has 3 fully saturated rings. The molecule has 170 valence electrons. The highest BCUT2D eigenvalue weighted by Crippen LogP contribution is 2.66. The van der Waals surface area contributed by atoms with E-state index in [1.165, 1.54) is 31.3 Å². The molecule has 4 aliphatic rings. The van der Waals surface area contributed by atoms with Crippen LogP contribution in [0.3, 0.4) is 0 Å². The summed E-state index contributed by atoms with van der Waals surface area (Å²) in [5.41, 5.74) is 2.83. The minimum absolute atomic E-state index is 0. The van der Waals surface area contributed by atoms with Gasteiger partial charge in [-0.15, -0.1) is 0 Å². The van der Waals surface area contributed by atoms with Gasteiger partial charge in [0.2, 0.25) is 6.79 Å². The maximum Gasteiger partial charge on any atom is 0.330 e. The number of allylic oxidation sites excluding steroid dienone is 2. The van der Waals surface area contributed by atoms with Crippen molar-refractivity contribution in [2.45, 2.75) is 79.6 Å². The van der Waals surface area contributed by atoms with E-state index < -0.39 is 8.60 Å². The van der Waals surface area contributed by atoms with Crippen LogP contribution in [-0.4, -0.2) is 28.1 Å². The van der Waals surface area contributed by atoms with E-state index in [1.807, 2.05) is 0 Å². The van der Waals surface area contributed by atoms with Gasteiger partial charge in [-0.1, -0.05) is 32.0 Å². The summed E-state index contributed by atoms with van der Waals surface area (Å²) in [7, 11) is -2.41.